The summed E-state index contributed by atoms with van der Waals surface area (Å²) in [5, 5.41) is 0. The van der Waals surface area contributed by atoms with Crippen molar-refractivity contribution in [3.05, 3.63) is 53.6 Å². The van der Waals surface area contributed by atoms with E-state index in [1.807, 2.05) is 0 Å². The fourth-order valence-electron chi connectivity index (χ4n) is 1.81. The second-order valence-electron chi connectivity index (χ2n) is 4.35. The molecule has 0 saturated heterocycles. The minimum Gasteiger partial charge on any atom is -0.497 e. The Kier molecular flexibility index (Phi) is 4.26. The molecule has 0 spiro atoms. The molecule has 2 rings (SSSR count). The number of methoxy groups -OCH3 is 1. The molecule has 6 heteroatoms. The second-order valence-corrected chi connectivity index (χ2v) is 4.35. The van der Waals surface area contributed by atoms with Gasteiger partial charge in [0.25, 0.3) is 0 Å². The van der Waals surface area contributed by atoms with E-state index < -0.39 is 11.7 Å². The van der Waals surface area contributed by atoms with E-state index in [1.54, 1.807) is 18.2 Å². The number of anilines is 1. The maximum Gasteiger partial charge on any atom is 0.419 e. The van der Waals surface area contributed by atoms with E-state index in [0.29, 0.717) is 17.0 Å². The summed E-state index contributed by atoms with van der Waals surface area (Å²) in [5.41, 5.74) is 5.99. The number of halogens is 3. The van der Waals surface area contributed by atoms with Crippen molar-refractivity contribution in [1.82, 2.24) is 0 Å². The summed E-state index contributed by atoms with van der Waals surface area (Å²) >= 11 is 0. The normalized spacial score (nSPS) is 11.2. The maximum absolute atomic E-state index is 12.8. The van der Waals surface area contributed by atoms with Crippen LogP contribution < -0.4 is 15.2 Å². The molecule has 0 radical (unpaired) electrons. The van der Waals surface area contributed by atoms with Gasteiger partial charge in [-0.25, -0.2) is 0 Å². The molecule has 0 heterocycles. The summed E-state index contributed by atoms with van der Waals surface area (Å²) in [6.07, 6.45) is -4.46. The van der Waals surface area contributed by atoms with E-state index in [4.69, 9.17) is 15.2 Å². The Balaban J connectivity index is 2.17. The second kappa shape index (κ2) is 5.95. The highest BCUT2D eigenvalue weighted by molar-refractivity contribution is 5.51. The number of hydrogen-bond acceptors (Lipinski definition) is 3. The predicted molar refractivity (Wildman–Crippen MR) is 73.2 cm³/mol. The average molecular weight is 297 g/mol. The SMILES string of the molecule is COc1ccc(COc2ccccc2C(F)(F)F)c(N)c1. The summed E-state index contributed by atoms with van der Waals surface area (Å²) in [7, 11) is 1.50. The first-order chi connectivity index (χ1) is 9.91. The smallest absolute Gasteiger partial charge is 0.419 e. The zero-order valence-corrected chi connectivity index (χ0v) is 11.3. The number of benzene rings is 2. The zero-order valence-electron chi connectivity index (χ0n) is 11.3. The van der Waals surface area contributed by atoms with E-state index >= 15 is 0 Å². The van der Waals surface area contributed by atoms with Gasteiger partial charge in [0, 0.05) is 17.3 Å². The molecule has 0 aliphatic heterocycles. The molecule has 3 nitrogen and oxygen atoms in total. The van der Waals surface area contributed by atoms with Gasteiger partial charge in [-0.3, -0.25) is 0 Å². The molecular weight excluding hydrogens is 283 g/mol. The van der Waals surface area contributed by atoms with E-state index in [-0.39, 0.29) is 12.4 Å². The van der Waals surface area contributed by atoms with Crippen LogP contribution in [0.2, 0.25) is 0 Å². The standard InChI is InChI=1S/C15H14F3NO2/c1-20-11-7-6-10(13(19)8-11)9-21-14-5-3-2-4-12(14)15(16,17)18/h2-8H,9,19H2,1H3. The Bertz CT molecular complexity index is 627. The van der Waals surface area contributed by atoms with Crippen molar-refractivity contribution < 1.29 is 22.6 Å². The number of alkyl halides is 3. The number of nitrogen functional groups attached to an aromatic ring is 1. The van der Waals surface area contributed by atoms with Crippen molar-refractivity contribution in [2.24, 2.45) is 0 Å². The van der Waals surface area contributed by atoms with Crippen molar-refractivity contribution in [3.63, 3.8) is 0 Å². The first-order valence-electron chi connectivity index (χ1n) is 6.13. The number of rotatable bonds is 4. The largest absolute Gasteiger partial charge is 0.497 e. The molecule has 0 aliphatic rings. The van der Waals surface area contributed by atoms with Gasteiger partial charge in [0.2, 0.25) is 0 Å². The third-order valence-corrected chi connectivity index (χ3v) is 2.93. The van der Waals surface area contributed by atoms with Crippen LogP contribution in [0.3, 0.4) is 0 Å². The third-order valence-electron chi connectivity index (χ3n) is 2.93. The van der Waals surface area contributed by atoms with E-state index in [2.05, 4.69) is 0 Å². The van der Waals surface area contributed by atoms with E-state index in [9.17, 15) is 13.2 Å². The molecule has 0 aromatic heterocycles. The number of para-hydroxylation sites is 1. The van der Waals surface area contributed by atoms with E-state index in [0.717, 1.165) is 6.07 Å². The molecule has 21 heavy (non-hydrogen) atoms. The first-order valence-corrected chi connectivity index (χ1v) is 6.13. The highest BCUT2D eigenvalue weighted by atomic mass is 19.4. The van der Waals surface area contributed by atoms with Crippen LogP contribution in [0.4, 0.5) is 18.9 Å². The van der Waals surface area contributed by atoms with Gasteiger partial charge >= 0.3 is 6.18 Å². The summed E-state index contributed by atoms with van der Waals surface area (Å²) in [6, 6.07) is 9.98. The van der Waals surface area contributed by atoms with Gasteiger partial charge in [0.15, 0.2) is 0 Å². The lowest BCUT2D eigenvalue weighted by Crippen LogP contribution is -2.09. The molecule has 0 unspecified atom stereocenters. The molecule has 0 atom stereocenters. The van der Waals surface area contributed by atoms with Gasteiger partial charge < -0.3 is 15.2 Å². The number of ether oxygens (including phenoxy) is 2. The van der Waals surface area contributed by atoms with Crippen LogP contribution in [0, 0.1) is 0 Å². The molecule has 0 amide bonds. The topological polar surface area (TPSA) is 44.5 Å². The Labute approximate surface area is 120 Å². The van der Waals surface area contributed by atoms with Crippen LogP contribution >= 0.6 is 0 Å². The summed E-state index contributed by atoms with van der Waals surface area (Å²) in [5.74, 6) is 0.354. The van der Waals surface area contributed by atoms with Crippen molar-refractivity contribution in [1.29, 1.82) is 0 Å². The first kappa shape index (κ1) is 15.0. The van der Waals surface area contributed by atoms with Crippen molar-refractivity contribution in [3.8, 4) is 11.5 Å². The minimum absolute atomic E-state index is 0.0527. The van der Waals surface area contributed by atoms with Crippen LogP contribution in [-0.2, 0) is 12.8 Å². The van der Waals surface area contributed by atoms with Gasteiger partial charge in [-0.1, -0.05) is 12.1 Å². The van der Waals surface area contributed by atoms with Crippen LogP contribution in [0.1, 0.15) is 11.1 Å². The van der Waals surface area contributed by atoms with Crippen molar-refractivity contribution >= 4 is 5.69 Å². The Hall–Kier alpha value is -2.37. The van der Waals surface area contributed by atoms with Gasteiger partial charge in [0.05, 0.1) is 12.7 Å². The fourth-order valence-corrected chi connectivity index (χ4v) is 1.81. The molecule has 112 valence electrons. The quantitative estimate of drug-likeness (QED) is 0.871. The number of hydrogen-bond donors (Lipinski definition) is 1. The van der Waals surface area contributed by atoms with Crippen LogP contribution in [0.25, 0.3) is 0 Å². The Morgan fingerprint density at radius 3 is 2.43 bits per heavy atom. The lowest BCUT2D eigenvalue weighted by molar-refractivity contribution is -0.139. The van der Waals surface area contributed by atoms with Crippen LogP contribution in [0.5, 0.6) is 11.5 Å². The van der Waals surface area contributed by atoms with E-state index in [1.165, 1.54) is 25.3 Å². The van der Waals surface area contributed by atoms with Gasteiger partial charge in [-0.05, 0) is 24.3 Å². The number of nitrogens with two attached hydrogens (primary N) is 1. The lowest BCUT2D eigenvalue weighted by Gasteiger charge is -2.14. The van der Waals surface area contributed by atoms with Crippen LogP contribution in [-0.4, -0.2) is 7.11 Å². The highest BCUT2D eigenvalue weighted by Gasteiger charge is 2.34. The summed E-state index contributed by atoms with van der Waals surface area (Å²) < 4.78 is 48.8. The molecule has 0 bridgehead atoms. The lowest BCUT2D eigenvalue weighted by atomic mass is 10.1. The van der Waals surface area contributed by atoms with Gasteiger partial charge in [-0.2, -0.15) is 13.2 Å². The zero-order chi connectivity index (χ0) is 15.5. The fraction of sp³-hybridized carbons (Fsp3) is 0.200. The van der Waals surface area contributed by atoms with Crippen molar-refractivity contribution in [2.45, 2.75) is 12.8 Å². The Morgan fingerprint density at radius 1 is 1.10 bits per heavy atom. The molecule has 2 N–H and O–H groups in total. The summed E-state index contributed by atoms with van der Waals surface area (Å²) in [6.45, 7) is -0.0527. The monoisotopic (exact) mass is 297 g/mol. The third kappa shape index (κ3) is 3.59. The minimum atomic E-state index is -4.46. The molecule has 2 aromatic rings. The molecule has 0 aliphatic carbocycles. The molecule has 0 saturated carbocycles. The van der Waals surface area contributed by atoms with Gasteiger partial charge in [0.1, 0.15) is 18.1 Å². The highest BCUT2D eigenvalue weighted by Crippen LogP contribution is 2.36. The van der Waals surface area contributed by atoms with Crippen molar-refractivity contribution in [2.75, 3.05) is 12.8 Å². The molecular formula is C15H14F3NO2. The molecule has 2 aromatic carbocycles. The average Bonchev–Trinajstić information content (AvgIpc) is 2.45. The van der Waals surface area contributed by atoms with Gasteiger partial charge in [-0.15, -0.1) is 0 Å². The Morgan fingerprint density at radius 2 is 1.81 bits per heavy atom. The molecule has 0 fully saturated rings. The van der Waals surface area contributed by atoms with Crippen LogP contribution in [0.15, 0.2) is 42.5 Å². The summed E-state index contributed by atoms with van der Waals surface area (Å²) in [4.78, 5) is 0. The maximum atomic E-state index is 12.8. The predicted octanol–water partition coefficient (Wildman–Crippen LogP) is 3.88.